The lowest BCUT2D eigenvalue weighted by atomic mass is 9.99. The maximum Gasteiger partial charge on any atom is 0.220 e. The highest BCUT2D eigenvalue weighted by Crippen LogP contribution is 2.23. The smallest absolute Gasteiger partial charge is 0.220 e. The minimum atomic E-state index is -1.55. The zero-order chi connectivity index (χ0) is 43.7. The van der Waals surface area contributed by atoms with Crippen LogP contribution in [-0.4, -0.2) is 87.5 Å². The van der Waals surface area contributed by atoms with E-state index in [0.717, 1.165) is 44.9 Å². The van der Waals surface area contributed by atoms with E-state index in [1.165, 1.54) is 167 Å². The van der Waals surface area contributed by atoms with E-state index in [0.29, 0.717) is 12.8 Å². The van der Waals surface area contributed by atoms with E-state index in [4.69, 9.17) is 9.47 Å². The molecular formula is C51H97NO8. The van der Waals surface area contributed by atoms with Crippen LogP contribution >= 0.6 is 0 Å². The Morgan fingerprint density at radius 2 is 0.983 bits per heavy atom. The molecule has 6 N–H and O–H groups in total. The Balaban J connectivity index is 2.10. The summed E-state index contributed by atoms with van der Waals surface area (Å²) >= 11 is 0. The molecule has 9 heteroatoms. The second-order valence-corrected chi connectivity index (χ2v) is 18.0. The number of allylic oxidation sites excluding steroid dienone is 4. The fourth-order valence-electron chi connectivity index (χ4n) is 8.19. The summed E-state index contributed by atoms with van der Waals surface area (Å²) < 4.78 is 11.2. The molecule has 354 valence electrons. The Morgan fingerprint density at radius 1 is 0.567 bits per heavy atom. The number of aliphatic hydroxyl groups is 5. The van der Waals surface area contributed by atoms with Crippen molar-refractivity contribution < 1.29 is 39.8 Å². The first kappa shape index (κ1) is 56.7. The first-order valence-electron chi connectivity index (χ1n) is 25.5. The average Bonchev–Trinajstić information content (AvgIpc) is 3.25. The van der Waals surface area contributed by atoms with E-state index in [1.807, 2.05) is 0 Å². The van der Waals surface area contributed by atoms with E-state index in [1.54, 1.807) is 0 Å². The molecule has 60 heavy (non-hydrogen) atoms. The molecule has 0 aromatic carbocycles. The third-order valence-corrected chi connectivity index (χ3v) is 12.3. The molecule has 0 bridgehead atoms. The molecule has 7 unspecified atom stereocenters. The van der Waals surface area contributed by atoms with Crippen LogP contribution in [0.4, 0.5) is 0 Å². The third kappa shape index (κ3) is 31.5. The van der Waals surface area contributed by atoms with Crippen LogP contribution in [0.25, 0.3) is 0 Å². The highest BCUT2D eigenvalue weighted by atomic mass is 16.7. The van der Waals surface area contributed by atoms with Gasteiger partial charge in [-0.1, -0.05) is 212 Å². The first-order chi connectivity index (χ1) is 29.3. The molecule has 1 saturated heterocycles. The number of hydrogen-bond donors (Lipinski definition) is 6. The van der Waals surface area contributed by atoms with Crippen molar-refractivity contribution in [1.29, 1.82) is 0 Å². The van der Waals surface area contributed by atoms with E-state index in [2.05, 4.69) is 43.5 Å². The summed E-state index contributed by atoms with van der Waals surface area (Å²) in [5.41, 5.74) is 0. The molecule has 1 amide bonds. The van der Waals surface area contributed by atoms with Crippen molar-refractivity contribution >= 4 is 5.91 Å². The normalized spacial score (nSPS) is 20.7. The molecule has 0 radical (unpaired) electrons. The number of hydrogen-bond acceptors (Lipinski definition) is 8. The first-order valence-corrected chi connectivity index (χ1v) is 25.5. The summed E-state index contributed by atoms with van der Waals surface area (Å²) in [5, 5.41) is 54.2. The minimum absolute atomic E-state index is 0.136. The Labute approximate surface area is 369 Å². The Hall–Kier alpha value is -1.33. The van der Waals surface area contributed by atoms with Gasteiger partial charge in [0.25, 0.3) is 0 Å². The van der Waals surface area contributed by atoms with Gasteiger partial charge < -0.3 is 40.3 Å². The zero-order valence-electron chi connectivity index (χ0n) is 39.0. The quantitative estimate of drug-likeness (QED) is 0.0262. The predicted molar refractivity (Wildman–Crippen MR) is 249 cm³/mol. The van der Waals surface area contributed by atoms with Crippen molar-refractivity contribution in [3.05, 3.63) is 24.3 Å². The number of amides is 1. The topological polar surface area (TPSA) is 149 Å². The molecule has 1 heterocycles. The van der Waals surface area contributed by atoms with E-state index >= 15 is 0 Å². The van der Waals surface area contributed by atoms with Gasteiger partial charge in [0.2, 0.25) is 5.91 Å². The maximum atomic E-state index is 13.0. The molecule has 1 aliphatic heterocycles. The lowest BCUT2D eigenvalue weighted by Gasteiger charge is -2.40. The van der Waals surface area contributed by atoms with Gasteiger partial charge in [0.1, 0.15) is 24.4 Å². The van der Waals surface area contributed by atoms with Crippen molar-refractivity contribution in [2.75, 3.05) is 13.2 Å². The summed E-state index contributed by atoms with van der Waals surface area (Å²) in [4.78, 5) is 13.0. The Bertz CT molecular complexity index is 992. The molecule has 0 aromatic heterocycles. The molecule has 0 aliphatic carbocycles. The van der Waals surface area contributed by atoms with Crippen LogP contribution in [0.15, 0.2) is 24.3 Å². The van der Waals surface area contributed by atoms with Crippen molar-refractivity contribution in [2.24, 2.45) is 0 Å². The van der Waals surface area contributed by atoms with Crippen molar-refractivity contribution in [2.45, 2.75) is 281 Å². The summed E-state index contributed by atoms with van der Waals surface area (Å²) in [7, 11) is 0. The highest BCUT2D eigenvalue weighted by Gasteiger charge is 2.44. The number of nitrogens with one attached hydrogen (secondary N) is 1. The fourth-order valence-corrected chi connectivity index (χ4v) is 8.19. The van der Waals surface area contributed by atoms with Crippen LogP contribution in [0.3, 0.4) is 0 Å². The Kier molecular flexibility index (Phi) is 39.4. The SMILES string of the molecule is CCCCCCC/C=C\C/C=C\CCCCCCCCCCCCCCCCCCCC(=O)NC(COC1OC(CO)C(O)C(O)C1O)C(O)CCCCCCCCCC. The van der Waals surface area contributed by atoms with E-state index in [-0.39, 0.29) is 12.5 Å². The van der Waals surface area contributed by atoms with Gasteiger partial charge in [-0.05, 0) is 44.9 Å². The van der Waals surface area contributed by atoms with Crippen molar-refractivity contribution in [3.8, 4) is 0 Å². The number of carbonyl (C=O) groups is 1. The van der Waals surface area contributed by atoms with Gasteiger partial charge >= 0.3 is 0 Å². The predicted octanol–water partition coefficient (Wildman–Crippen LogP) is 11.5. The average molecular weight is 852 g/mol. The fraction of sp³-hybridized carbons (Fsp3) is 0.902. The summed E-state index contributed by atoms with van der Waals surface area (Å²) in [6.07, 6.45) is 43.7. The van der Waals surface area contributed by atoms with Gasteiger partial charge in [-0.25, -0.2) is 0 Å². The van der Waals surface area contributed by atoms with Crippen LogP contribution in [0.5, 0.6) is 0 Å². The van der Waals surface area contributed by atoms with Crippen LogP contribution in [-0.2, 0) is 14.3 Å². The number of rotatable bonds is 43. The molecule has 0 saturated carbocycles. The number of aliphatic hydroxyl groups excluding tert-OH is 5. The summed E-state index contributed by atoms with van der Waals surface area (Å²) in [6, 6.07) is -0.713. The van der Waals surface area contributed by atoms with Gasteiger partial charge in [-0.2, -0.15) is 0 Å². The molecular weight excluding hydrogens is 755 g/mol. The molecule has 1 rings (SSSR count). The highest BCUT2D eigenvalue weighted by molar-refractivity contribution is 5.76. The van der Waals surface area contributed by atoms with Gasteiger partial charge in [-0.15, -0.1) is 0 Å². The largest absolute Gasteiger partial charge is 0.394 e. The molecule has 1 fully saturated rings. The standard InChI is InChI=1S/C51H97NO8/c1-3-5-7-9-11-13-14-15-16-17-18-19-20-21-22-23-24-25-26-27-28-29-30-31-32-33-35-37-39-41-47(55)52-44(45(54)40-38-36-34-12-10-8-6-4-2)43-59-51-50(58)49(57)48(56)46(42-53)60-51/h14-15,17-18,44-46,48-51,53-54,56-58H,3-13,16,19-43H2,1-2H3,(H,52,55)/b15-14-,18-17-. The van der Waals surface area contributed by atoms with Crippen LogP contribution in [0.2, 0.25) is 0 Å². The molecule has 1 aliphatic rings. The minimum Gasteiger partial charge on any atom is -0.394 e. The zero-order valence-corrected chi connectivity index (χ0v) is 39.0. The van der Waals surface area contributed by atoms with Gasteiger partial charge in [-0.3, -0.25) is 4.79 Å². The lowest BCUT2D eigenvalue weighted by molar-refractivity contribution is -0.302. The number of unbranched alkanes of at least 4 members (excludes halogenated alkanes) is 29. The summed E-state index contributed by atoms with van der Waals surface area (Å²) in [5.74, 6) is -0.145. The van der Waals surface area contributed by atoms with Crippen molar-refractivity contribution in [3.63, 3.8) is 0 Å². The van der Waals surface area contributed by atoms with Gasteiger partial charge in [0, 0.05) is 6.42 Å². The second-order valence-electron chi connectivity index (χ2n) is 18.0. The van der Waals surface area contributed by atoms with Crippen LogP contribution in [0.1, 0.15) is 239 Å². The summed E-state index contributed by atoms with van der Waals surface area (Å²) in [6.45, 7) is 3.79. The van der Waals surface area contributed by atoms with Crippen LogP contribution < -0.4 is 5.32 Å². The van der Waals surface area contributed by atoms with Crippen LogP contribution in [0, 0.1) is 0 Å². The van der Waals surface area contributed by atoms with E-state index < -0.39 is 49.5 Å². The molecule has 9 nitrogen and oxygen atoms in total. The van der Waals surface area contributed by atoms with Gasteiger partial charge in [0.15, 0.2) is 6.29 Å². The maximum absolute atomic E-state index is 13.0. The van der Waals surface area contributed by atoms with E-state index in [9.17, 15) is 30.3 Å². The number of ether oxygens (including phenoxy) is 2. The number of carbonyl (C=O) groups excluding carboxylic acids is 1. The monoisotopic (exact) mass is 852 g/mol. The molecule has 7 atom stereocenters. The van der Waals surface area contributed by atoms with Crippen molar-refractivity contribution in [1.82, 2.24) is 5.32 Å². The second kappa shape index (κ2) is 41.7. The molecule has 0 aromatic rings. The lowest BCUT2D eigenvalue weighted by Crippen LogP contribution is -2.60. The van der Waals surface area contributed by atoms with Gasteiger partial charge in [0.05, 0.1) is 25.4 Å². The third-order valence-electron chi connectivity index (χ3n) is 12.3. The Morgan fingerprint density at radius 3 is 1.43 bits per heavy atom. The molecule has 0 spiro atoms.